The summed E-state index contributed by atoms with van der Waals surface area (Å²) in [7, 11) is 0. The van der Waals surface area contributed by atoms with Gasteiger partial charge < -0.3 is 5.32 Å². The van der Waals surface area contributed by atoms with Crippen LogP contribution in [0.1, 0.15) is 35.5 Å². The van der Waals surface area contributed by atoms with Crippen LogP contribution in [-0.4, -0.2) is 15.4 Å². The van der Waals surface area contributed by atoms with Gasteiger partial charge in [-0.3, -0.25) is 4.40 Å². The Morgan fingerprint density at radius 1 is 1.44 bits per heavy atom. The molecule has 18 heavy (non-hydrogen) atoms. The molecule has 1 atom stereocenters. The Labute approximate surface area is 112 Å². The number of aromatic nitrogens is 2. The molecule has 0 saturated carbocycles. The Morgan fingerprint density at radius 3 is 3.11 bits per heavy atom. The van der Waals surface area contributed by atoms with Crippen LogP contribution < -0.4 is 5.32 Å². The van der Waals surface area contributed by atoms with Gasteiger partial charge in [-0.25, -0.2) is 4.98 Å². The summed E-state index contributed by atoms with van der Waals surface area (Å²) in [6.45, 7) is 5.16. The number of hydrogen-bond donors (Lipinski definition) is 1. The van der Waals surface area contributed by atoms with Gasteiger partial charge in [-0.05, 0) is 33.1 Å². The van der Waals surface area contributed by atoms with Crippen molar-refractivity contribution in [2.45, 2.75) is 45.7 Å². The van der Waals surface area contributed by atoms with Crippen LogP contribution in [0.25, 0.3) is 4.96 Å². The van der Waals surface area contributed by atoms with Crippen molar-refractivity contribution >= 4 is 16.3 Å². The van der Waals surface area contributed by atoms with Crippen molar-refractivity contribution < 1.29 is 0 Å². The summed E-state index contributed by atoms with van der Waals surface area (Å²) < 4.78 is 2.24. The zero-order valence-electron chi connectivity index (χ0n) is 10.9. The minimum atomic E-state index is 0.625. The molecule has 1 unspecified atom stereocenters. The molecular formula is C14H19N3S. The Kier molecular flexibility index (Phi) is 3.22. The molecule has 0 bridgehead atoms. The van der Waals surface area contributed by atoms with Gasteiger partial charge in [0.15, 0.2) is 4.96 Å². The third-order valence-corrected chi connectivity index (χ3v) is 4.47. The lowest BCUT2D eigenvalue weighted by atomic mass is 10.0. The van der Waals surface area contributed by atoms with E-state index in [4.69, 9.17) is 0 Å². The van der Waals surface area contributed by atoms with Gasteiger partial charge in [-0.15, -0.1) is 11.3 Å². The topological polar surface area (TPSA) is 29.3 Å². The van der Waals surface area contributed by atoms with E-state index in [1.54, 1.807) is 11.3 Å². The van der Waals surface area contributed by atoms with E-state index in [2.05, 4.69) is 46.9 Å². The molecule has 0 aliphatic heterocycles. The predicted molar refractivity (Wildman–Crippen MR) is 76.2 cm³/mol. The maximum atomic E-state index is 4.63. The van der Waals surface area contributed by atoms with Crippen molar-refractivity contribution in [3.8, 4) is 0 Å². The Bertz CT molecular complexity index is 579. The number of aryl methyl sites for hydroxylation is 2. The Balaban J connectivity index is 1.76. The molecule has 0 radical (unpaired) electrons. The van der Waals surface area contributed by atoms with E-state index in [1.165, 1.54) is 23.4 Å². The molecule has 1 N–H and O–H groups in total. The molecule has 0 spiro atoms. The van der Waals surface area contributed by atoms with Crippen LogP contribution in [0.3, 0.4) is 0 Å². The lowest BCUT2D eigenvalue weighted by molar-refractivity contribution is 0.469. The van der Waals surface area contributed by atoms with Gasteiger partial charge in [0.2, 0.25) is 0 Å². The summed E-state index contributed by atoms with van der Waals surface area (Å²) in [6, 6.07) is 0.625. The molecule has 3 nitrogen and oxygen atoms in total. The second kappa shape index (κ2) is 4.86. The number of rotatable bonds is 3. The maximum absolute atomic E-state index is 4.63. The average Bonchev–Trinajstić information content (AvgIpc) is 2.84. The highest BCUT2D eigenvalue weighted by Crippen LogP contribution is 2.21. The van der Waals surface area contributed by atoms with E-state index in [0.717, 1.165) is 23.6 Å². The summed E-state index contributed by atoms with van der Waals surface area (Å²) in [5.74, 6) is 0. The molecule has 0 saturated heterocycles. The highest BCUT2D eigenvalue weighted by atomic mass is 32.1. The lowest BCUT2D eigenvalue weighted by Gasteiger charge is -2.19. The minimum absolute atomic E-state index is 0.625. The zero-order chi connectivity index (χ0) is 12.5. The van der Waals surface area contributed by atoms with Crippen molar-refractivity contribution in [1.29, 1.82) is 0 Å². The fraction of sp³-hybridized carbons (Fsp3) is 0.500. The number of fused-ring (bicyclic) bond motifs is 1. The van der Waals surface area contributed by atoms with Gasteiger partial charge in [0.1, 0.15) is 0 Å². The minimum Gasteiger partial charge on any atom is -0.308 e. The van der Waals surface area contributed by atoms with Crippen molar-refractivity contribution in [3.63, 3.8) is 0 Å². The smallest absolute Gasteiger partial charge is 0.194 e. The van der Waals surface area contributed by atoms with E-state index < -0.39 is 0 Å². The van der Waals surface area contributed by atoms with Gasteiger partial charge in [0.05, 0.1) is 11.4 Å². The lowest BCUT2D eigenvalue weighted by Crippen LogP contribution is -2.29. The molecule has 4 heteroatoms. The number of imidazole rings is 1. The van der Waals surface area contributed by atoms with Crippen molar-refractivity contribution in [2.24, 2.45) is 0 Å². The summed E-state index contributed by atoms with van der Waals surface area (Å²) in [5, 5.41) is 3.66. The van der Waals surface area contributed by atoms with E-state index in [0.29, 0.717) is 6.04 Å². The molecule has 1 aliphatic rings. The van der Waals surface area contributed by atoms with Crippen LogP contribution >= 0.6 is 11.3 Å². The highest BCUT2D eigenvalue weighted by molar-refractivity contribution is 7.17. The van der Waals surface area contributed by atoms with E-state index in [9.17, 15) is 0 Å². The fourth-order valence-corrected chi connectivity index (χ4v) is 3.43. The molecule has 3 rings (SSSR count). The number of allylic oxidation sites excluding steroid dienone is 1. The summed E-state index contributed by atoms with van der Waals surface area (Å²) >= 11 is 1.76. The van der Waals surface area contributed by atoms with Gasteiger partial charge in [0, 0.05) is 23.7 Å². The van der Waals surface area contributed by atoms with E-state index >= 15 is 0 Å². The Morgan fingerprint density at radius 2 is 2.33 bits per heavy atom. The molecule has 2 aromatic heterocycles. The third kappa shape index (κ3) is 2.22. The van der Waals surface area contributed by atoms with Gasteiger partial charge in [0.25, 0.3) is 0 Å². The molecule has 0 fully saturated rings. The van der Waals surface area contributed by atoms with Gasteiger partial charge in [-0.2, -0.15) is 0 Å². The molecule has 0 amide bonds. The molecular weight excluding hydrogens is 242 g/mol. The monoisotopic (exact) mass is 261 g/mol. The van der Waals surface area contributed by atoms with E-state index in [1.807, 2.05) is 0 Å². The van der Waals surface area contributed by atoms with Crippen LogP contribution in [-0.2, 0) is 6.54 Å². The second-order valence-electron chi connectivity index (χ2n) is 5.00. The van der Waals surface area contributed by atoms with Crippen LogP contribution in [0.5, 0.6) is 0 Å². The maximum Gasteiger partial charge on any atom is 0.194 e. The standard InChI is InChI=1S/C14H19N3S/c1-10-9-17-13(11(2)16-14(17)18-10)8-15-12-6-4-3-5-7-12/h3-4,9,12,15H,5-8H2,1-2H3. The van der Waals surface area contributed by atoms with Crippen molar-refractivity contribution in [2.75, 3.05) is 0 Å². The first-order chi connectivity index (χ1) is 8.74. The predicted octanol–water partition coefficient (Wildman–Crippen LogP) is 3.21. The van der Waals surface area contributed by atoms with Crippen LogP contribution in [0.4, 0.5) is 0 Å². The summed E-state index contributed by atoms with van der Waals surface area (Å²) in [6.07, 6.45) is 10.4. The second-order valence-corrected chi connectivity index (χ2v) is 6.21. The molecule has 0 aromatic carbocycles. The SMILES string of the molecule is Cc1cn2c(CNC3CC=CCC3)c(C)nc2s1. The van der Waals surface area contributed by atoms with Crippen molar-refractivity contribution in [1.82, 2.24) is 14.7 Å². The largest absolute Gasteiger partial charge is 0.308 e. The molecule has 2 aromatic rings. The van der Waals surface area contributed by atoms with Gasteiger partial charge in [-0.1, -0.05) is 12.2 Å². The highest BCUT2D eigenvalue weighted by Gasteiger charge is 2.14. The Hall–Kier alpha value is -1.13. The van der Waals surface area contributed by atoms with E-state index in [-0.39, 0.29) is 0 Å². The number of nitrogens with one attached hydrogen (secondary N) is 1. The van der Waals surface area contributed by atoms with Crippen molar-refractivity contribution in [3.05, 3.63) is 34.6 Å². The summed E-state index contributed by atoms with van der Waals surface area (Å²) in [5.41, 5.74) is 2.46. The summed E-state index contributed by atoms with van der Waals surface area (Å²) in [4.78, 5) is 7.06. The van der Waals surface area contributed by atoms with Crippen LogP contribution in [0, 0.1) is 13.8 Å². The van der Waals surface area contributed by atoms with Crippen LogP contribution in [0.15, 0.2) is 18.3 Å². The molecule has 1 aliphatic carbocycles. The third-order valence-electron chi connectivity index (χ3n) is 3.57. The van der Waals surface area contributed by atoms with Crippen LogP contribution in [0.2, 0.25) is 0 Å². The van der Waals surface area contributed by atoms with Gasteiger partial charge >= 0.3 is 0 Å². The average molecular weight is 261 g/mol. The normalized spacial score (nSPS) is 19.8. The quantitative estimate of drug-likeness (QED) is 0.860. The zero-order valence-corrected chi connectivity index (χ0v) is 11.8. The first-order valence-corrected chi connectivity index (χ1v) is 7.38. The first-order valence-electron chi connectivity index (χ1n) is 6.56. The fourth-order valence-electron chi connectivity index (χ4n) is 2.54. The molecule has 96 valence electrons. The molecule has 2 heterocycles. The number of nitrogens with zero attached hydrogens (tertiary/aromatic N) is 2. The first kappa shape index (κ1) is 11.9. The number of hydrogen-bond acceptors (Lipinski definition) is 3. The number of thiazole rings is 1.